The molecule has 0 fully saturated rings. The number of ketones is 1. The van der Waals surface area contributed by atoms with Gasteiger partial charge >= 0.3 is 0 Å². The number of rotatable bonds is 2. The zero-order valence-electron chi connectivity index (χ0n) is 10.4. The minimum Gasteiger partial charge on any atom is -0.464 e. The largest absolute Gasteiger partial charge is 0.464 e. The lowest BCUT2D eigenvalue weighted by Gasteiger charge is -2.14. The first-order valence-electron chi connectivity index (χ1n) is 5.98. The predicted molar refractivity (Wildman–Crippen MR) is 72.1 cm³/mol. The van der Waals surface area contributed by atoms with E-state index in [0.717, 1.165) is 10.8 Å². The summed E-state index contributed by atoms with van der Waals surface area (Å²) in [4.78, 5) is 11.6. The molecule has 19 heavy (non-hydrogen) atoms. The molecule has 2 aromatic carbocycles. The van der Waals surface area contributed by atoms with E-state index in [1.807, 2.05) is 42.5 Å². The van der Waals surface area contributed by atoms with E-state index in [4.69, 9.17) is 4.74 Å². The Hall–Kier alpha value is -2.49. The first kappa shape index (κ1) is 11.6. The molecular formula is C15H12N2O2. The molecule has 1 unspecified atom stereocenters. The third-order valence-electron chi connectivity index (χ3n) is 3.06. The van der Waals surface area contributed by atoms with Gasteiger partial charge in [-0.25, -0.2) is 0 Å². The van der Waals surface area contributed by atoms with Gasteiger partial charge in [0.05, 0.1) is 11.9 Å². The van der Waals surface area contributed by atoms with Crippen LogP contribution in [0.15, 0.2) is 65.0 Å². The van der Waals surface area contributed by atoms with Crippen molar-refractivity contribution in [3.05, 3.63) is 54.8 Å². The lowest BCUT2D eigenvalue weighted by atomic mass is 10.1. The van der Waals surface area contributed by atoms with Crippen LogP contribution in [0, 0.1) is 0 Å². The number of hydrogen-bond acceptors (Lipinski definition) is 4. The van der Waals surface area contributed by atoms with Gasteiger partial charge in [0, 0.05) is 13.0 Å². The van der Waals surface area contributed by atoms with Gasteiger partial charge in [-0.2, -0.15) is 5.11 Å². The van der Waals surface area contributed by atoms with Gasteiger partial charge in [0.25, 0.3) is 5.72 Å². The van der Waals surface area contributed by atoms with Crippen LogP contribution in [-0.2, 0) is 9.53 Å². The first-order chi connectivity index (χ1) is 9.17. The minimum absolute atomic E-state index is 0.197. The van der Waals surface area contributed by atoms with E-state index >= 15 is 0 Å². The number of carbonyl (C=O) groups excluding carboxylic acids is 1. The van der Waals surface area contributed by atoms with Gasteiger partial charge in [-0.1, -0.05) is 30.3 Å². The van der Waals surface area contributed by atoms with Crippen molar-refractivity contribution in [3.63, 3.8) is 0 Å². The van der Waals surface area contributed by atoms with Crippen molar-refractivity contribution < 1.29 is 9.53 Å². The van der Waals surface area contributed by atoms with Crippen molar-refractivity contribution in [2.24, 2.45) is 10.2 Å². The van der Waals surface area contributed by atoms with Gasteiger partial charge in [0.2, 0.25) is 5.78 Å². The fourth-order valence-corrected chi connectivity index (χ4v) is 1.91. The molecule has 94 valence electrons. The molecule has 0 radical (unpaired) electrons. The smallest absolute Gasteiger partial charge is 0.277 e. The van der Waals surface area contributed by atoms with E-state index in [1.54, 1.807) is 6.92 Å². The van der Waals surface area contributed by atoms with Crippen LogP contribution < -0.4 is 0 Å². The summed E-state index contributed by atoms with van der Waals surface area (Å²) < 4.78 is 5.17. The SMILES string of the molecule is CC1(N=Nc2ccc3ccccc3c2)OC=CC1=O. The molecule has 0 spiro atoms. The molecule has 0 bridgehead atoms. The molecule has 0 aliphatic carbocycles. The van der Waals surface area contributed by atoms with E-state index in [1.165, 1.54) is 12.3 Å². The van der Waals surface area contributed by atoms with Crippen molar-refractivity contribution in [3.8, 4) is 0 Å². The Morgan fingerprint density at radius 3 is 2.63 bits per heavy atom. The van der Waals surface area contributed by atoms with E-state index < -0.39 is 5.72 Å². The third kappa shape index (κ3) is 2.12. The summed E-state index contributed by atoms with van der Waals surface area (Å²) in [7, 11) is 0. The van der Waals surface area contributed by atoms with Crippen LogP contribution in [-0.4, -0.2) is 11.5 Å². The van der Waals surface area contributed by atoms with Crippen LogP contribution in [0.3, 0.4) is 0 Å². The standard InChI is InChI=1S/C15H12N2O2/c1-15(14(18)8-9-19-15)17-16-13-7-6-11-4-2-3-5-12(11)10-13/h2-10H,1H3. The molecule has 2 aromatic rings. The summed E-state index contributed by atoms with van der Waals surface area (Å²) in [6.45, 7) is 1.60. The summed E-state index contributed by atoms with van der Waals surface area (Å²) in [6.07, 6.45) is 2.71. The number of hydrogen-bond donors (Lipinski definition) is 0. The number of azo groups is 1. The summed E-state index contributed by atoms with van der Waals surface area (Å²) in [5, 5.41) is 10.3. The van der Waals surface area contributed by atoms with Crippen molar-refractivity contribution in [1.82, 2.24) is 0 Å². The van der Waals surface area contributed by atoms with Gasteiger partial charge in [0.15, 0.2) is 0 Å². The van der Waals surface area contributed by atoms with Gasteiger partial charge < -0.3 is 4.74 Å². The molecule has 0 saturated heterocycles. The Labute approximate surface area is 110 Å². The zero-order chi connectivity index (χ0) is 13.3. The Morgan fingerprint density at radius 1 is 1.11 bits per heavy atom. The van der Waals surface area contributed by atoms with Crippen LogP contribution in [0.5, 0.6) is 0 Å². The number of nitrogens with zero attached hydrogens (tertiary/aromatic N) is 2. The number of benzene rings is 2. The lowest BCUT2D eigenvalue weighted by molar-refractivity contribution is -0.127. The third-order valence-corrected chi connectivity index (χ3v) is 3.06. The highest BCUT2D eigenvalue weighted by atomic mass is 16.5. The van der Waals surface area contributed by atoms with Gasteiger partial charge in [-0.05, 0) is 22.9 Å². The second kappa shape index (κ2) is 4.31. The van der Waals surface area contributed by atoms with Gasteiger partial charge in [-0.3, -0.25) is 4.79 Å². The van der Waals surface area contributed by atoms with Gasteiger partial charge in [0.1, 0.15) is 0 Å². The summed E-state index contributed by atoms with van der Waals surface area (Å²) in [5.41, 5.74) is -0.519. The molecular weight excluding hydrogens is 240 g/mol. The number of fused-ring (bicyclic) bond motifs is 1. The maximum Gasteiger partial charge on any atom is 0.277 e. The molecule has 1 heterocycles. The predicted octanol–water partition coefficient (Wildman–Crippen LogP) is 3.75. The molecule has 0 amide bonds. The summed E-state index contributed by atoms with van der Waals surface area (Å²) >= 11 is 0. The van der Waals surface area contributed by atoms with Crippen molar-refractivity contribution in [2.75, 3.05) is 0 Å². The molecule has 1 atom stereocenters. The lowest BCUT2D eigenvalue weighted by Crippen LogP contribution is -2.28. The van der Waals surface area contributed by atoms with Crippen molar-refractivity contribution >= 4 is 22.2 Å². The second-order valence-electron chi connectivity index (χ2n) is 4.50. The summed E-state index contributed by atoms with van der Waals surface area (Å²) in [5.74, 6) is -0.197. The van der Waals surface area contributed by atoms with Crippen molar-refractivity contribution in [1.29, 1.82) is 0 Å². The highest BCUT2D eigenvalue weighted by Gasteiger charge is 2.36. The Morgan fingerprint density at radius 2 is 1.89 bits per heavy atom. The monoisotopic (exact) mass is 252 g/mol. The molecule has 0 aromatic heterocycles. The highest BCUT2D eigenvalue weighted by Crippen LogP contribution is 2.26. The minimum atomic E-state index is -1.22. The molecule has 0 N–H and O–H groups in total. The molecule has 1 aliphatic heterocycles. The van der Waals surface area contributed by atoms with E-state index in [0.29, 0.717) is 5.69 Å². The van der Waals surface area contributed by atoms with Crippen molar-refractivity contribution in [2.45, 2.75) is 12.6 Å². The quantitative estimate of drug-likeness (QED) is 0.764. The van der Waals surface area contributed by atoms with Crippen LogP contribution in [0.25, 0.3) is 10.8 Å². The molecule has 1 aliphatic rings. The molecule has 4 heteroatoms. The Balaban J connectivity index is 1.91. The second-order valence-corrected chi connectivity index (χ2v) is 4.50. The average Bonchev–Trinajstić information content (AvgIpc) is 2.77. The van der Waals surface area contributed by atoms with E-state index in [-0.39, 0.29) is 5.78 Å². The summed E-state index contributed by atoms with van der Waals surface area (Å²) in [6, 6.07) is 13.8. The maximum atomic E-state index is 11.6. The maximum absolute atomic E-state index is 11.6. The number of ether oxygens (including phenoxy) is 1. The van der Waals surface area contributed by atoms with Gasteiger partial charge in [-0.15, -0.1) is 5.11 Å². The van der Waals surface area contributed by atoms with E-state index in [2.05, 4.69) is 10.2 Å². The molecule has 0 saturated carbocycles. The normalized spacial score (nSPS) is 22.3. The average molecular weight is 252 g/mol. The first-order valence-corrected chi connectivity index (χ1v) is 5.98. The fourth-order valence-electron chi connectivity index (χ4n) is 1.91. The van der Waals surface area contributed by atoms with Crippen LogP contribution in [0.4, 0.5) is 5.69 Å². The zero-order valence-corrected chi connectivity index (χ0v) is 10.4. The van der Waals surface area contributed by atoms with Crippen LogP contribution in [0.1, 0.15) is 6.92 Å². The fraction of sp³-hybridized carbons (Fsp3) is 0.133. The highest BCUT2D eigenvalue weighted by molar-refractivity contribution is 5.98. The molecule has 3 rings (SSSR count). The Kier molecular flexibility index (Phi) is 2.63. The van der Waals surface area contributed by atoms with Crippen LogP contribution in [0.2, 0.25) is 0 Å². The Bertz CT molecular complexity index is 706. The molecule has 4 nitrogen and oxygen atoms in total. The van der Waals surface area contributed by atoms with E-state index in [9.17, 15) is 4.79 Å². The van der Waals surface area contributed by atoms with Crippen LogP contribution >= 0.6 is 0 Å². The topological polar surface area (TPSA) is 51.0 Å². The number of carbonyl (C=O) groups is 1.